The summed E-state index contributed by atoms with van der Waals surface area (Å²) in [7, 11) is 1.63. The van der Waals surface area contributed by atoms with Crippen LogP contribution in [0.25, 0.3) is 0 Å². The highest BCUT2D eigenvalue weighted by molar-refractivity contribution is 5.47. The number of rotatable bonds is 7. The van der Waals surface area contributed by atoms with Gasteiger partial charge in [0, 0.05) is 37.4 Å². The van der Waals surface area contributed by atoms with E-state index >= 15 is 0 Å². The molecule has 3 rings (SSSR count). The number of nitrogens with zero attached hydrogens (tertiary/aromatic N) is 1. The first kappa shape index (κ1) is 25.9. The van der Waals surface area contributed by atoms with Gasteiger partial charge in [-0.05, 0) is 69.2 Å². The molecule has 1 saturated carbocycles. The Hall–Kier alpha value is -1.38. The second-order valence-electron chi connectivity index (χ2n) is 9.15. The Kier molecular flexibility index (Phi) is 11.0. The molecular weight excluding hydrogens is 392 g/mol. The molecule has 1 unspecified atom stereocenters. The highest BCUT2D eigenvalue weighted by Crippen LogP contribution is 2.35. The van der Waals surface area contributed by atoms with E-state index in [1.807, 2.05) is 19.9 Å². The summed E-state index contributed by atoms with van der Waals surface area (Å²) >= 11 is 0. The number of nitrogens with one attached hydrogen (secondary N) is 1. The molecule has 1 aliphatic heterocycles. The van der Waals surface area contributed by atoms with Gasteiger partial charge in [-0.2, -0.15) is 0 Å². The maximum absolute atomic E-state index is 10.2. The van der Waals surface area contributed by atoms with Gasteiger partial charge in [0.25, 0.3) is 0 Å². The van der Waals surface area contributed by atoms with Crippen molar-refractivity contribution >= 4 is 0 Å². The van der Waals surface area contributed by atoms with E-state index in [4.69, 9.17) is 11.5 Å². The second kappa shape index (κ2) is 13.2. The number of likely N-dealkylation sites (tertiary alicyclic amines) is 1. The molecule has 1 saturated heterocycles. The van der Waals surface area contributed by atoms with Crippen LogP contribution in [0.2, 0.25) is 0 Å². The lowest BCUT2D eigenvalue weighted by Gasteiger charge is -2.39. The highest BCUT2D eigenvalue weighted by atomic mass is 16.5. The van der Waals surface area contributed by atoms with Crippen LogP contribution in [0, 0.1) is 0 Å². The number of hydrogen-bond donors (Lipinski definition) is 5. The largest absolute Gasteiger partial charge is 0.508 e. The van der Waals surface area contributed by atoms with Gasteiger partial charge in [0.05, 0.1) is 12.8 Å². The minimum Gasteiger partial charge on any atom is -0.508 e. The SMILES string of the molecule is CC(C)c1cc(C(N)NC2CCC(N3CCCCC3)CC2)c(O)cc1O.COCCN. The number of phenolic OH excluding ortho intramolecular Hbond substituents is 2. The zero-order chi connectivity index (χ0) is 22.8. The highest BCUT2D eigenvalue weighted by Gasteiger charge is 2.28. The van der Waals surface area contributed by atoms with E-state index < -0.39 is 6.17 Å². The van der Waals surface area contributed by atoms with Crippen molar-refractivity contribution in [1.82, 2.24) is 10.2 Å². The average molecular weight is 437 g/mol. The number of ether oxygens (including phenoxy) is 1. The Balaban J connectivity index is 0.000000614. The molecule has 31 heavy (non-hydrogen) atoms. The normalized spacial score (nSPS) is 23.3. The fourth-order valence-corrected chi connectivity index (χ4v) is 4.68. The monoisotopic (exact) mass is 436 g/mol. The first-order valence-corrected chi connectivity index (χ1v) is 11.9. The minimum absolute atomic E-state index is 0.0638. The van der Waals surface area contributed by atoms with Crippen molar-refractivity contribution in [3.8, 4) is 11.5 Å². The van der Waals surface area contributed by atoms with Crippen molar-refractivity contribution in [2.45, 2.75) is 83.0 Å². The number of methoxy groups -OCH3 is 1. The Morgan fingerprint density at radius 1 is 1.03 bits per heavy atom. The van der Waals surface area contributed by atoms with Crippen molar-refractivity contribution < 1.29 is 14.9 Å². The van der Waals surface area contributed by atoms with Crippen LogP contribution in [0.5, 0.6) is 11.5 Å². The summed E-state index contributed by atoms with van der Waals surface area (Å²) in [5.74, 6) is 0.380. The quantitative estimate of drug-likeness (QED) is 0.417. The summed E-state index contributed by atoms with van der Waals surface area (Å²) in [6.45, 7) is 7.87. The molecule has 178 valence electrons. The van der Waals surface area contributed by atoms with E-state index in [9.17, 15) is 10.2 Å². The third-order valence-electron chi connectivity index (χ3n) is 6.47. The lowest BCUT2D eigenvalue weighted by molar-refractivity contribution is 0.119. The van der Waals surface area contributed by atoms with Gasteiger partial charge in [-0.15, -0.1) is 0 Å². The van der Waals surface area contributed by atoms with Gasteiger partial charge in [0.2, 0.25) is 0 Å². The van der Waals surface area contributed by atoms with Crippen LogP contribution in [0.1, 0.15) is 82.0 Å². The third kappa shape index (κ3) is 7.91. The molecule has 7 N–H and O–H groups in total. The fraction of sp³-hybridized carbons (Fsp3) is 0.750. The van der Waals surface area contributed by atoms with Crippen LogP contribution >= 0.6 is 0 Å². The predicted octanol–water partition coefficient (Wildman–Crippen LogP) is 3.16. The molecule has 2 aliphatic rings. The smallest absolute Gasteiger partial charge is 0.125 e. The summed E-state index contributed by atoms with van der Waals surface area (Å²) in [4.78, 5) is 2.68. The van der Waals surface area contributed by atoms with Crippen molar-refractivity contribution in [3.63, 3.8) is 0 Å². The van der Waals surface area contributed by atoms with Crippen LogP contribution < -0.4 is 16.8 Å². The van der Waals surface area contributed by atoms with Gasteiger partial charge in [-0.1, -0.05) is 20.3 Å². The van der Waals surface area contributed by atoms with Gasteiger partial charge >= 0.3 is 0 Å². The summed E-state index contributed by atoms with van der Waals surface area (Å²) in [5.41, 5.74) is 12.9. The molecule has 7 nitrogen and oxygen atoms in total. The lowest BCUT2D eigenvalue weighted by Crippen LogP contribution is -2.46. The van der Waals surface area contributed by atoms with Crippen molar-refractivity contribution in [2.75, 3.05) is 33.4 Å². The lowest BCUT2D eigenvalue weighted by atomic mass is 9.88. The Morgan fingerprint density at radius 2 is 1.65 bits per heavy atom. The molecule has 1 aromatic carbocycles. The molecule has 7 heteroatoms. The standard InChI is InChI=1S/C21H35N3O2.C3H9NO/c1-14(2)17-12-18(20(26)13-19(17)25)21(22)23-15-6-8-16(9-7-15)24-10-4-3-5-11-24;1-5-3-2-4/h12-16,21,23,25-26H,3-11,22H2,1-2H3;2-4H2,1H3. The van der Waals surface area contributed by atoms with E-state index in [-0.39, 0.29) is 17.4 Å². The van der Waals surface area contributed by atoms with Gasteiger partial charge in [-0.25, -0.2) is 0 Å². The third-order valence-corrected chi connectivity index (χ3v) is 6.47. The van der Waals surface area contributed by atoms with Crippen LogP contribution in [-0.4, -0.2) is 60.5 Å². The number of hydrogen-bond acceptors (Lipinski definition) is 7. The van der Waals surface area contributed by atoms with Gasteiger partial charge in [-0.3, -0.25) is 5.32 Å². The molecule has 1 aliphatic carbocycles. The number of nitrogens with two attached hydrogens (primary N) is 2. The molecule has 2 fully saturated rings. The maximum atomic E-state index is 10.2. The zero-order valence-electron chi connectivity index (χ0n) is 19.6. The van der Waals surface area contributed by atoms with Crippen LogP contribution in [0.3, 0.4) is 0 Å². The van der Waals surface area contributed by atoms with Gasteiger partial charge < -0.3 is 31.3 Å². The Labute approximate surface area is 188 Å². The Bertz CT molecular complexity index is 640. The first-order valence-electron chi connectivity index (χ1n) is 11.9. The molecule has 0 aromatic heterocycles. The Morgan fingerprint density at radius 3 is 2.16 bits per heavy atom. The molecule has 1 aromatic rings. The van der Waals surface area contributed by atoms with E-state index in [0.29, 0.717) is 24.8 Å². The zero-order valence-corrected chi connectivity index (χ0v) is 19.6. The van der Waals surface area contributed by atoms with Gasteiger partial charge in [0.1, 0.15) is 11.5 Å². The number of phenols is 2. The van der Waals surface area contributed by atoms with Crippen molar-refractivity contribution in [3.05, 3.63) is 23.3 Å². The molecule has 1 atom stereocenters. The van der Waals surface area contributed by atoms with Crippen LogP contribution in [0.4, 0.5) is 0 Å². The number of aromatic hydroxyl groups is 2. The molecular formula is C24H44N4O3. The minimum atomic E-state index is -0.412. The molecule has 1 heterocycles. The molecule has 0 amide bonds. The fourth-order valence-electron chi connectivity index (χ4n) is 4.68. The number of piperidine rings is 1. The second-order valence-corrected chi connectivity index (χ2v) is 9.15. The summed E-state index contributed by atoms with van der Waals surface area (Å²) in [6.07, 6.45) is 8.38. The van der Waals surface area contributed by atoms with Crippen molar-refractivity contribution in [1.29, 1.82) is 0 Å². The topological polar surface area (TPSA) is 117 Å². The molecule has 0 spiro atoms. The average Bonchev–Trinajstić information content (AvgIpc) is 2.75. The summed E-state index contributed by atoms with van der Waals surface area (Å²) in [6, 6.07) is 4.38. The van der Waals surface area contributed by atoms with Crippen LogP contribution in [-0.2, 0) is 4.74 Å². The number of benzene rings is 1. The first-order chi connectivity index (χ1) is 14.9. The summed E-state index contributed by atoms with van der Waals surface area (Å²) in [5, 5.41) is 23.7. The van der Waals surface area contributed by atoms with Gasteiger partial charge in [0.15, 0.2) is 0 Å². The van der Waals surface area contributed by atoms with E-state index in [1.54, 1.807) is 7.11 Å². The van der Waals surface area contributed by atoms with E-state index in [0.717, 1.165) is 24.4 Å². The van der Waals surface area contributed by atoms with Crippen molar-refractivity contribution in [2.24, 2.45) is 11.5 Å². The molecule has 0 radical (unpaired) electrons. The van der Waals surface area contributed by atoms with E-state index in [1.165, 1.54) is 51.3 Å². The molecule has 0 bridgehead atoms. The van der Waals surface area contributed by atoms with E-state index in [2.05, 4.69) is 15.0 Å². The predicted molar refractivity (Wildman–Crippen MR) is 126 cm³/mol. The van der Waals surface area contributed by atoms with Crippen LogP contribution in [0.15, 0.2) is 12.1 Å². The summed E-state index contributed by atoms with van der Waals surface area (Å²) < 4.78 is 4.57. The maximum Gasteiger partial charge on any atom is 0.125 e.